The van der Waals surface area contributed by atoms with Crippen LogP contribution in [-0.4, -0.2) is 0 Å². The van der Waals surface area contributed by atoms with Gasteiger partial charge in [-0.1, -0.05) is 162 Å². The lowest BCUT2D eigenvalue weighted by atomic mass is 9.85. The van der Waals surface area contributed by atoms with Crippen LogP contribution in [0.4, 0.5) is 0 Å². The Labute approximate surface area is 285 Å². The molecule has 0 aromatic heterocycles. The van der Waals surface area contributed by atoms with E-state index in [-0.39, 0.29) is 11.3 Å². The molecule has 44 heavy (non-hydrogen) atoms. The van der Waals surface area contributed by atoms with Gasteiger partial charge in [0.05, 0.1) is 0 Å². The van der Waals surface area contributed by atoms with Gasteiger partial charge in [-0.15, -0.1) is 6.42 Å². The van der Waals surface area contributed by atoms with Crippen LogP contribution in [0.25, 0.3) is 0 Å². The summed E-state index contributed by atoms with van der Waals surface area (Å²) in [5.41, 5.74) is 6.66. The Balaban J connectivity index is 5.72. The summed E-state index contributed by atoms with van der Waals surface area (Å²) in [5, 5.41) is 0. The van der Waals surface area contributed by atoms with Crippen molar-refractivity contribution < 1.29 is 0 Å². The lowest BCUT2D eigenvalue weighted by Crippen LogP contribution is -2.06. The first-order valence-electron chi connectivity index (χ1n) is 15.4. The molecule has 0 unspecified atom stereocenters. The molecule has 234 valence electrons. The van der Waals surface area contributed by atoms with Gasteiger partial charge in [-0.3, -0.25) is 0 Å². The molecular weight excluding hydrogens is 643 g/mol. The molecule has 1 heteroatoms. The van der Waals surface area contributed by atoms with E-state index in [1.54, 1.807) is 12.2 Å². The van der Waals surface area contributed by atoms with Crippen molar-refractivity contribution in [2.45, 2.75) is 73.1 Å². The standard InChI is InChI=1S/C43H55I/c1-12-16-18-19-21-24-35(5)25-22-27-37(7)40(14-3)34-41(38(8)32-33-43(10,11)15-4)31-30-36(6)26-23-28-39(9)42(44)29-20-17-13-2/h3,12-13,16-21,23,25-26,28-29,32-34,41H,1-2,7-9,15,22,24,27,30-31H2,4-6,10-11H3/b18-16-,20-17-,21-19-,28-23-,33-32-,35-25+,36-26+,40-34+,42-29-/t41-/m1/s1. The maximum atomic E-state index is 6.03. The van der Waals surface area contributed by atoms with Gasteiger partial charge in [0, 0.05) is 15.1 Å². The number of halogens is 1. The zero-order valence-corrected chi connectivity index (χ0v) is 30.2. The Kier molecular flexibility index (Phi) is 22.2. The molecule has 0 aliphatic heterocycles. The van der Waals surface area contributed by atoms with Crippen LogP contribution in [0.1, 0.15) is 73.1 Å². The fourth-order valence-electron chi connectivity index (χ4n) is 3.81. The molecule has 0 bridgehead atoms. The number of allylic oxidation sites excluding steroid dienone is 23. The summed E-state index contributed by atoms with van der Waals surface area (Å²) in [6.07, 6.45) is 44.4. The third kappa shape index (κ3) is 19.8. The highest BCUT2D eigenvalue weighted by Gasteiger charge is 2.14. The van der Waals surface area contributed by atoms with Gasteiger partial charge in [0.15, 0.2) is 0 Å². The number of terminal acetylenes is 1. The second-order valence-corrected chi connectivity index (χ2v) is 12.8. The maximum absolute atomic E-state index is 6.03. The largest absolute Gasteiger partial charge is 0.115 e. The lowest BCUT2D eigenvalue weighted by Gasteiger charge is -2.20. The Morgan fingerprint density at radius 1 is 0.886 bits per heavy atom. The molecule has 0 radical (unpaired) electrons. The molecule has 0 saturated carbocycles. The van der Waals surface area contributed by atoms with Crippen LogP contribution < -0.4 is 0 Å². The first-order valence-corrected chi connectivity index (χ1v) is 16.5. The summed E-state index contributed by atoms with van der Waals surface area (Å²) >= 11 is 2.30. The van der Waals surface area contributed by atoms with E-state index >= 15 is 0 Å². The summed E-state index contributed by atoms with van der Waals surface area (Å²) in [7, 11) is 0. The molecule has 1 atom stereocenters. The summed E-state index contributed by atoms with van der Waals surface area (Å²) in [6, 6.07) is 0. The number of hydrogen-bond donors (Lipinski definition) is 0. The van der Waals surface area contributed by atoms with Gasteiger partial charge < -0.3 is 0 Å². The van der Waals surface area contributed by atoms with Crippen molar-refractivity contribution >= 4 is 22.6 Å². The molecule has 0 aliphatic carbocycles. The molecule has 0 amide bonds. The van der Waals surface area contributed by atoms with E-state index < -0.39 is 0 Å². The van der Waals surface area contributed by atoms with E-state index in [9.17, 15) is 0 Å². The van der Waals surface area contributed by atoms with E-state index in [0.717, 1.165) is 64.4 Å². The molecule has 0 heterocycles. The summed E-state index contributed by atoms with van der Waals surface area (Å²) < 4.78 is 1.09. The molecule has 0 N–H and O–H groups in total. The van der Waals surface area contributed by atoms with Crippen LogP contribution in [0.2, 0.25) is 0 Å². The molecular formula is C43H55I. The summed E-state index contributed by atoms with van der Waals surface area (Å²) in [5.74, 6) is 3.04. The molecule has 0 aliphatic rings. The predicted molar refractivity (Wildman–Crippen MR) is 211 cm³/mol. The molecule has 0 aromatic carbocycles. The molecule has 0 aromatic rings. The van der Waals surface area contributed by atoms with Crippen molar-refractivity contribution in [3.05, 3.63) is 167 Å². The van der Waals surface area contributed by atoms with E-state index in [0.29, 0.717) is 0 Å². The Morgan fingerprint density at radius 3 is 2.20 bits per heavy atom. The van der Waals surface area contributed by atoms with Gasteiger partial charge in [0.25, 0.3) is 0 Å². The first kappa shape index (κ1) is 40.7. The zero-order chi connectivity index (χ0) is 33.4. The highest BCUT2D eigenvalue weighted by Crippen LogP contribution is 2.28. The third-order valence-corrected chi connectivity index (χ3v) is 8.29. The molecule has 0 nitrogen and oxygen atoms in total. The van der Waals surface area contributed by atoms with Crippen molar-refractivity contribution in [1.29, 1.82) is 0 Å². The number of hydrogen-bond acceptors (Lipinski definition) is 0. The van der Waals surface area contributed by atoms with Crippen molar-refractivity contribution in [2.24, 2.45) is 11.3 Å². The number of rotatable bonds is 21. The monoisotopic (exact) mass is 698 g/mol. The van der Waals surface area contributed by atoms with Crippen LogP contribution in [0.15, 0.2) is 167 Å². The highest BCUT2D eigenvalue weighted by atomic mass is 127. The van der Waals surface area contributed by atoms with Crippen molar-refractivity contribution in [3.63, 3.8) is 0 Å². The summed E-state index contributed by atoms with van der Waals surface area (Å²) in [4.78, 5) is 0. The van der Waals surface area contributed by atoms with E-state index in [1.165, 1.54) is 11.1 Å². The van der Waals surface area contributed by atoms with Crippen LogP contribution in [0.5, 0.6) is 0 Å². The van der Waals surface area contributed by atoms with Crippen LogP contribution in [0, 0.1) is 23.7 Å². The second-order valence-electron chi connectivity index (χ2n) is 11.6. The van der Waals surface area contributed by atoms with Crippen LogP contribution >= 0.6 is 22.6 Å². The first-order chi connectivity index (χ1) is 20.9. The maximum Gasteiger partial charge on any atom is 0.0235 e. The van der Waals surface area contributed by atoms with Crippen molar-refractivity contribution in [2.75, 3.05) is 0 Å². The fraction of sp³-hybridized carbons (Fsp3) is 0.302. The van der Waals surface area contributed by atoms with Gasteiger partial charge in [0.1, 0.15) is 0 Å². The SMILES string of the molecule is C#C/C(=C\[C@@H](CC/C(C)=C/C=C\C(=C)/C(I)=C/C=C\C=C)C(=C)/C=C\C(C)(C)CC)C(=C)CC/C=C(\C)C/C=C\C=C/C=C. The average molecular weight is 699 g/mol. The quantitative estimate of drug-likeness (QED) is 0.0484. The van der Waals surface area contributed by atoms with Gasteiger partial charge in [-0.25, -0.2) is 0 Å². The van der Waals surface area contributed by atoms with E-state index in [1.807, 2.05) is 42.5 Å². The third-order valence-electron chi connectivity index (χ3n) is 7.24. The average Bonchev–Trinajstić information content (AvgIpc) is 2.99. The Morgan fingerprint density at radius 2 is 1.57 bits per heavy atom. The van der Waals surface area contributed by atoms with E-state index in [4.69, 9.17) is 6.42 Å². The Bertz CT molecular complexity index is 1290. The topological polar surface area (TPSA) is 0 Å². The molecule has 0 spiro atoms. The minimum absolute atomic E-state index is 0.119. The van der Waals surface area contributed by atoms with Crippen LogP contribution in [0.3, 0.4) is 0 Å². The van der Waals surface area contributed by atoms with Crippen molar-refractivity contribution in [3.8, 4) is 12.3 Å². The van der Waals surface area contributed by atoms with Crippen LogP contribution in [-0.2, 0) is 0 Å². The minimum Gasteiger partial charge on any atom is -0.115 e. The zero-order valence-electron chi connectivity index (χ0n) is 28.0. The van der Waals surface area contributed by atoms with E-state index in [2.05, 4.69) is 139 Å². The summed E-state index contributed by atoms with van der Waals surface area (Å²) in [6.45, 7) is 31.4. The second kappa shape index (κ2) is 24.0. The predicted octanol–water partition coefficient (Wildman–Crippen LogP) is 13.6. The molecule has 0 fully saturated rings. The highest BCUT2D eigenvalue weighted by molar-refractivity contribution is 14.1. The fourth-order valence-corrected chi connectivity index (χ4v) is 4.19. The minimum atomic E-state index is 0.119. The molecule has 0 rings (SSSR count). The van der Waals surface area contributed by atoms with Gasteiger partial charge in [-0.2, -0.15) is 0 Å². The van der Waals surface area contributed by atoms with Gasteiger partial charge in [0.2, 0.25) is 0 Å². The molecule has 0 saturated heterocycles. The van der Waals surface area contributed by atoms with Crippen molar-refractivity contribution in [1.82, 2.24) is 0 Å². The normalized spacial score (nSPS) is 14.7. The van der Waals surface area contributed by atoms with Gasteiger partial charge >= 0.3 is 0 Å². The van der Waals surface area contributed by atoms with Gasteiger partial charge in [-0.05, 0) is 103 Å². The lowest BCUT2D eigenvalue weighted by molar-refractivity contribution is 0.461. The smallest absolute Gasteiger partial charge is 0.0235 e. The Hall–Kier alpha value is -3.35.